The highest BCUT2D eigenvalue weighted by molar-refractivity contribution is 6.24. The summed E-state index contributed by atoms with van der Waals surface area (Å²) in [6, 6.07) is 56.8. The number of hydrogen-bond acceptors (Lipinski definition) is 4. The maximum absolute atomic E-state index is 6.59. The molecule has 0 saturated heterocycles. The SMILES string of the molecule is Cc1ccc(-c2cc(-c3nc(-c4ccccc4)nc(-c4ccccc4)n3)ccc2-n2c3ccccc3c3c4oc5ccccc5c4ccc32)cc1. The van der Waals surface area contributed by atoms with E-state index in [4.69, 9.17) is 19.4 Å². The van der Waals surface area contributed by atoms with Crippen molar-refractivity contribution in [2.45, 2.75) is 6.92 Å². The average Bonchev–Trinajstić information content (AvgIpc) is 3.74. The van der Waals surface area contributed by atoms with Gasteiger partial charge in [-0.3, -0.25) is 0 Å². The van der Waals surface area contributed by atoms with E-state index in [9.17, 15) is 0 Å². The van der Waals surface area contributed by atoms with Crippen molar-refractivity contribution < 1.29 is 4.42 Å². The van der Waals surface area contributed by atoms with Crippen LogP contribution in [-0.2, 0) is 0 Å². The highest BCUT2D eigenvalue weighted by Crippen LogP contribution is 2.42. The molecule has 0 atom stereocenters. The molecule has 0 aliphatic heterocycles. The van der Waals surface area contributed by atoms with E-state index in [1.54, 1.807) is 0 Å². The van der Waals surface area contributed by atoms with Crippen LogP contribution < -0.4 is 0 Å². The third-order valence-electron chi connectivity index (χ3n) is 9.74. The molecular formula is C46H30N4O. The zero-order valence-corrected chi connectivity index (χ0v) is 27.8. The first-order valence-electron chi connectivity index (χ1n) is 17.1. The van der Waals surface area contributed by atoms with Crippen molar-refractivity contribution in [2.24, 2.45) is 0 Å². The van der Waals surface area contributed by atoms with Crippen LogP contribution in [0.4, 0.5) is 0 Å². The van der Waals surface area contributed by atoms with Gasteiger partial charge in [0.1, 0.15) is 11.2 Å². The lowest BCUT2D eigenvalue weighted by atomic mass is 9.99. The first kappa shape index (κ1) is 29.1. The van der Waals surface area contributed by atoms with Gasteiger partial charge in [-0.25, -0.2) is 15.0 Å². The Balaban J connectivity index is 1.24. The van der Waals surface area contributed by atoms with Gasteiger partial charge in [-0.15, -0.1) is 0 Å². The van der Waals surface area contributed by atoms with E-state index in [0.29, 0.717) is 17.5 Å². The van der Waals surface area contributed by atoms with E-state index in [2.05, 4.69) is 102 Å². The molecule has 51 heavy (non-hydrogen) atoms. The second-order valence-electron chi connectivity index (χ2n) is 12.9. The van der Waals surface area contributed by atoms with Gasteiger partial charge >= 0.3 is 0 Å². The molecule has 0 bridgehead atoms. The number of aryl methyl sites for hydroxylation is 1. The summed E-state index contributed by atoms with van der Waals surface area (Å²) in [5, 5.41) is 4.50. The van der Waals surface area contributed by atoms with E-state index >= 15 is 0 Å². The quantitative estimate of drug-likeness (QED) is 0.185. The van der Waals surface area contributed by atoms with Gasteiger partial charge in [-0.1, -0.05) is 127 Å². The Morgan fingerprint density at radius 1 is 0.451 bits per heavy atom. The first-order valence-corrected chi connectivity index (χ1v) is 17.1. The molecule has 10 aromatic rings. The summed E-state index contributed by atoms with van der Waals surface area (Å²) in [5.41, 5.74) is 11.2. The van der Waals surface area contributed by atoms with Crippen molar-refractivity contribution in [3.8, 4) is 51.0 Å². The standard InChI is InChI=1S/C46H30N4O/c1-29-20-22-30(23-21-29)37-28-33(46-48-44(31-12-4-2-5-13-31)47-45(49-46)32-14-6-3-7-15-32)24-26-39(37)50-38-18-10-8-17-36(38)42-40(50)27-25-35-34-16-9-11-19-41(34)51-43(35)42/h2-28H,1H3. The summed E-state index contributed by atoms with van der Waals surface area (Å²) in [6.07, 6.45) is 0. The van der Waals surface area contributed by atoms with Gasteiger partial charge in [0.05, 0.1) is 22.1 Å². The second kappa shape index (κ2) is 11.6. The van der Waals surface area contributed by atoms with Crippen LogP contribution in [-0.4, -0.2) is 19.5 Å². The highest BCUT2D eigenvalue weighted by atomic mass is 16.3. The fraction of sp³-hybridized carbons (Fsp3) is 0.0217. The zero-order valence-electron chi connectivity index (χ0n) is 27.8. The van der Waals surface area contributed by atoms with Gasteiger partial charge in [0.15, 0.2) is 17.5 Å². The van der Waals surface area contributed by atoms with Crippen LogP contribution in [0.1, 0.15) is 5.56 Å². The molecule has 0 aliphatic carbocycles. The van der Waals surface area contributed by atoms with Crippen molar-refractivity contribution in [3.05, 3.63) is 169 Å². The van der Waals surface area contributed by atoms with E-state index in [-0.39, 0.29) is 0 Å². The Hall–Kier alpha value is -6.85. The monoisotopic (exact) mass is 654 g/mol. The Kier molecular flexibility index (Phi) is 6.64. The van der Waals surface area contributed by atoms with Gasteiger partial charge in [0.2, 0.25) is 0 Å². The van der Waals surface area contributed by atoms with Gasteiger partial charge in [0.25, 0.3) is 0 Å². The minimum Gasteiger partial charge on any atom is -0.455 e. The van der Waals surface area contributed by atoms with E-state index < -0.39 is 0 Å². The fourth-order valence-electron chi connectivity index (χ4n) is 7.27. The van der Waals surface area contributed by atoms with E-state index in [1.165, 1.54) is 5.56 Å². The van der Waals surface area contributed by atoms with Crippen molar-refractivity contribution in [1.82, 2.24) is 19.5 Å². The lowest BCUT2D eigenvalue weighted by molar-refractivity contribution is 0.673. The third-order valence-corrected chi connectivity index (χ3v) is 9.74. The summed E-state index contributed by atoms with van der Waals surface area (Å²) in [5.74, 6) is 1.89. The van der Waals surface area contributed by atoms with Gasteiger partial charge in [0, 0.05) is 38.4 Å². The fourth-order valence-corrected chi connectivity index (χ4v) is 7.27. The number of nitrogens with zero attached hydrogens (tertiary/aromatic N) is 4. The number of para-hydroxylation sites is 2. The lowest BCUT2D eigenvalue weighted by Crippen LogP contribution is -2.02. The topological polar surface area (TPSA) is 56.7 Å². The first-order chi connectivity index (χ1) is 25.2. The van der Waals surface area contributed by atoms with Crippen molar-refractivity contribution >= 4 is 43.7 Å². The smallest absolute Gasteiger partial charge is 0.164 e. The summed E-state index contributed by atoms with van der Waals surface area (Å²) in [4.78, 5) is 15.0. The predicted octanol–water partition coefficient (Wildman–Crippen LogP) is 11.8. The zero-order chi connectivity index (χ0) is 33.9. The van der Waals surface area contributed by atoms with Crippen molar-refractivity contribution in [2.75, 3.05) is 0 Å². The molecule has 0 aliphatic rings. The summed E-state index contributed by atoms with van der Waals surface area (Å²) in [7, 11) is 0. The molecule has 0 spiro atoms. The highest BCUT2D eigenvalue weighted by Gasteiger charge is 2.21. The summed E-state index contributed by atoms with van der Waals surface area (Å²) in [6.45, 7) is 2.12. The normalized spacial score (nSPS) is 11.6. The molecule has 3 heterocycles. The van der Waals surface area contributed by atoms with Gasteiger partial charge in [-0.05, 0) is 55.0 Å². The van der Waals surface area contributed by atoms with Gasteiger partial charge in [-0.2, -0.15) is 0 Å². The van der Waals surface area contributed by atoms with Crippen molar-refractivity contribution in [1.29, 1.82) is 0 Å². The molecule has 0 radical (unpaired) electrons. The molecule has 0 fully saturated rings. The molecule has 0 N–H and O–H groups in total. The summed E-state index contributed by atoms with van der Waals surface area (Å²) >= 11 is 0. The predicted molar refractivity (Wildman–Crippen MR) is 208 cm³/mol. The van der Waals surface area contributed by atoms with Crippen LogP contribution in [0.15, 0.2) is 168 Å². The molecular weight excluding hydrogens is 625 g/mol. The molecule has 0 unspecified atom stereocenters. The minimum atomic E-state index is 0.619. The van der Waals surface area contributed by atoms with Crippen LogP contribution in [0.5, 0.6) is 0 Å². The number of benzene rings is 7. The minimum absolute atomic E-state index is 0.619. The number of furan rings is 1. The Morgan fingerprint density at radius 2 is 1.04 bits per heavy atom. The van der Waals surface area contributed by atoms with E-state index in [1.807, 2.05) is 72.8 Å². The maximum Gasteiger partial charge on any atom is 0.164 e. The van der Waals surface area contributed by atoms with E-state index in [0.717, 1.165) is 77.2 Å². The van der Waals surface area contributed by atoms with Crippen LogP contribution in [0.2, 0.25) is 0 Å². The third kappa shape index (κ3) is 4.82. The maximum atomic E-state index is 6.59. The lowest BCUT2D eigenvalue weighted by Gasteiger charge is -2.16. The Bertz CT molecular complexity index is 2850. The summed E-state index contributed by atoms with van der Waals surface area (Å²) < 4.78 is 8.96. The molecule has 5 heteroatoms. The Morgan fingerprint density at radius 3 is 1.75 bits per heavy atom. The van der Waals surface area contributed by atoms with Crippen LogP contribution >= 0.6 is 0 Å². The van der Waals surface area contributed by atoms with Crippen LogP contribution in [0.3, 0.4) is 0 Å². The Labute approximate surface area is 294 Å². The van der Waals surface area contributed by atoms with Crippen molar-refractivity contribution in [3.63, 3.8) is 0 Å². The molecule has 3 aromatic heterocycles. The number of fused-ring (bicyclic) bond motifs is 7. The molecule has 0 saturated carbocycles. The number of hydrogen-bond donors (Lipinski definition) is 0. The molecule has 7 aromatic carbocycles. The number of rotatable bonds is 5. The molecule has 5 nitrogen and oxygen atoms in total. The molecule has 0 amide bonds. The second-order valence-corrected chi connectivity index (χ2v) is 12.9. The van der Waals surface area contributed by atoms with Gasteiger partial charge < -0.3 is 8.98 Å². The van der Waals surface area contributed by atoms with Crippen LogP contribution in [0, 0.1) is 6.92 Å². The van der Waals surface area contributed by atoms with Crippen LogP contribution in [0.25, 0.3) is 94.7 Å². The number of aromatic nitrogens is 4. The average molecular weight is 655 g/mol. The molecule has 10 rings (SSSR count). The molecule has 240 valence electrons. The largest absolute Gasteiger partial charge is 0.455 e.